The minimum atomic E-state index is -0.110. The van der Waals surface area contributed by atoms with Crippen LogP contribution in [0.5, 0.6) is 0 Å². The lowest BCUT2D eigenvalue weighted by molar-refractivity contribution is 0.502. The number of furan rings is 1. The van der Waals surface area contributed by atoms with Gasteiger partial charge in [-0.15, -0.1) is 0 Å². The van der Waals surface area contributed by atoms with Crippen LogP contribution in [0.3, 0.4) is 0 Å². The van der Waals surface area contributed by atoms with Gasteiger partial charge in [-0.05, 0) is 23.8 Å². The number of hydrazine groups is 1. The molecule has 0 saturated heterocycles. The highest BCUT2D eigenvalue weighted by Crippen LogP contribution is 2.27. The van der Waals surface area contributed by atoms with Crippen LogP contribution < -0.4 is 11.3 Å². The van der Waals surface area contributed by atoms with Gasteiger partial charge in [0, 0.05) is 23.6 Å². The molecular weight excluding hydrogens is 250 g/mol. The van der Waals surface area contributed by atoms with E-state index in [-0.39, 0.29) is 6.04 Å². The van der Waals surface area contributed by atoms with E-state index in [4.69, 9.17) is 10.3 Å². The molecule has 2 aromatic heterocycles. The van der Waals surface area contributed by atoms with Crippen molar-refractivity contribution in [3.8, 4) is 0 Å². The van der Waals surface area contributed by atoms with Crippen molar-refractivity contribution < 1.29 is 4.42 Å². The fraction of sp³-hybridized carbons (Fsp3) is 0.188. The number of benzene rings is 1. The highest BCUT2D eigenvalue weighted by molar-refractivity contribution is 5.79. The molecule has 3 aromatic rings. The van der Waals surface area contributed by atoms with Crippen LogP contribution in [0, 0.1) is 0 Å². The maximum atomic E-state index is 5.74. The molecule has 0 saturated carbocycles. The predicted molar refractivity (Wildman–Crippen MR) is 79.0 cm³/mol. The number of hydrogen-bond acceptors (Lipinski definition) is 4. The molecule has 3 N–H and O–H groups in total. The summed E-state index contributed by atoms with van der Waals surface area (Å²) in [4.78, 5) is 4.49. The molecule has 0 fully saturated rings. The smallest absolute Gasteiger partial charge is 0.108 e. The van der Waals surface area contributed by atoms with Crippen molar-refractivity contribution in [3.05, 3.63) is 65.7 Å². The van der Waals surface area contributed by atoms with Crippen molar-refractivity contribution in [2.24, 2.45) is 5.84 Å². The van der Waals surface area contributed by atoms with Crippen LogP contribution >= 0.6 is 0 Å². The Bertz CT molecular complexity index is 720. The number of aromatic nitrogens is 1. The molecule has 4 nitrogen and oxygen atoms in total. The van der Waals surface area contributed by atoms with Gasteiger partial charge < -0.3 is 4.42 Å². The summed E-state index contributed by atoms with van der Waals surface area (Å²) < 4.78 is 5.49. The molecule has 20 heavy (non-hydrogen) atoms. The highest BCUT2D eigenvalue weighted by atomic mass is 16.3. The van der Waals surface area contributed by atoms with E-state index in [0.29, 0.717) is 0 Å². The third-order valence-electron chi connectivity index (χ3n) is 3.52. The van der Waals surface area contributed by atoms with Gasteiger partial charge in [0.05, 0.1) is 17.8 Å². The van der Waals surface area contributed by atoms with Crippen molar-refractivity contribution in [1.82, 2.24) is 10.4 Å². The quantitative estimate of drug-likeness (QED) is 0.563. The summed E-state index contributed by atoms with van der Waals surface area (Å²) in [5.41, 5.74) is 5.93. The Balaban J connectivity index is 2.07. The SMILES string of the molecule is CCc1occc1C(NN)c1cnc2ccccc2c1. The van der Waals surface area contributed by atoms with E-state index >= 15 is 0 Å². The predicted octanol–water partition coefficient (Wildman–Crippen LogP) is 2.94. The summed E-state index contributed by atoms with van der Waals surface area (Å²) in [6, 6.07) is 12.0. The lowest BCUT2D eigenvalue weighted by Gasteiger charge is -2.16. The fourth-order valence-electron chi connectivity index (χ4n) is 2.51. The van der Waals surface area contributed by atoms with Crippen LogP contribution in [-0.2, 0) is 6.42 Å². The molecule has 1 atom stereocenters. The maximum Gasteiger partial charge on any atom is 0.108 e. The minimum Gasteiger partial charge on any atom is -0.469 e. The average Bonchev–Trinajstić information content (AvgIpc) is 2.96. The molecule has 0 aliphatic rings. The third-order valence-corrected chi connectivity index (χ3v) is 3.52. The van der Waals surface area contributed by atoms with Crippen molar-refractivity contribution >= 4 is 10.9 Å². The first-order valence-electron chi connectivity index (χ1n) is 6.70. The number of nitrogens with one attached hydrogen (secondary N) is 1. The maximum absolute atomic E-state index is 5.74. The Hall–Kier alpha value is -2.17. The van der Waals surface area contributed by atoms with E-state index in [9.17, 15) is 0 Å². The molecule has 2 heterocycles. The topological polar surface area (TPSA) is 64.1 Å². The van der Waals surface area contributed by atoms with Crippen molar-refractivity contribution in [1.29, 1.82) is 0 Å². The molecule has 0 spiro atoms. The molecule has 0 bridgehead atoms. The summed E-state index contributed by atoms with van der Waals surface area (Å²) in [5.74, 6) is 6.69. The number of fused-ring (bicyclic) bond motifs is 1. The van der Waals surface area contributed by atoms with Gasteiger partial charge in [-0.25, -0.2) is 5.43 Å². The van der Waals surface area contributed by atoms with Gasteiger partial charge in [-0.1, -0.05) is 25.1 Å². The average molecular weight is 267 g/mol. The van der Waals surface area contributed by atoms with E-state index in [1.165, 1.54) is 0 Å². The lowest BCUT2D eigenvalue weighted by Crippen LogP contribution is -2.29. The summed E-state index contributed by atoms with van der Waals surface area (Å²) in [6.07, 6.45) is 4.40. The first kappa shape index (κ1) is 12.8. The standard InChI is InChI=1S/C16H17N3O/c1-2-15-13(7-8-20-15)16(19-17)12-9-11-5-3-4-6-14(11)18-10-12/h3-10,16,19H,2,17H2,1H3. The number of pyridine rings is 1. The van der Waals surface area contributed by atoms with Gasteiger partial charge in [0.2, 0.25) is 0 Å². The van der Waals surface area contributed by atoms with Crippen LogP contribution in [0.4, 0.5) is 0 Å². The Morgan fingerprint density at radius 2 is 2.15 bits per heavy atom. The van der Waals surface area contributed by atoms with Crippen LogP contribution in [0.2, 0.25) is 0 Å². The van der Waals surface area contributed by atoms with E-state index < -0.39 is 0 Å². The third kappa shape index (κ3) is 2.19. The largest absolute Gasteiger partial charge is 0.469 e. The van der Waals surface area contributed by atoms with Crippen LogP contribution in [-0.4, -0.2) is 4.98 Å². The highest BCUT2D eigenvalue weighted by Gasteiger charge is 2.18. The van der Waals surface area contributed by atoms with Crippen molar-refractivity contribution in [2.45, 2.75) is 19.4 Å². The zero-order valence-electron chi connectivity index (χ0n) is 11.3. The summed E-state index contributed by atoms with van der Waals surface area (Å²) in [5, 5.41) is 1.10. The van der Waals surface area contributed by atoms with Crippen LogP contribution in [0.15, 0.2) is 53.3 Å². The fourth-order valence-corrected chi connectivity index (χ4v) is 2.51. The molecule has 1 unspecified atom stereocenters. The molecule has 0 radical (unpaired) electrons. The zero-order chi connectivity index (χ0) is 13.9. The Labute approximate surface area is 117 Å². The molecule has 0 aliphatic heterocycles. The first-order valence-corrected chi connectivity index (χ1v) is 6.70. The van der Waals surface area contributed by atoms with Gasteiger partial charge >= 0.3 is 0 Å². The number of hydrogen-bond donors (Lipinski definition) is 2. The molecule has 4 heteroatoms. The molecule has 0 aliphatic carbocycles. The second-order valence-corrected chi connectivity index (χ2v) is 4.71. The van der Waals surface area contributed by atoms with Crippen LogP contribution in [0.1, 0.15) is 29.9 Å². The summed E-state index contributed by atoms with van der Waals surface area (Å²) in [7, 11) is 0. The van der Waals surface area contributed by atoms with Crippen molar-refractivity contribution in [3.63, 3.8) is 0 Å². The Kier molecular flexibility index (Phi) is 3.50. The molecule has 102 valence electrons. The van der Waals surface area contributed by atoms with E-state index in [1.54, 1.807) is 6.26 Å². The molecule has 0 amide bonds. The monoisotopic (exact) mass is 267 g/mol. The Morgan fingerprint density at radius 3 is 2.95 bits per heavy atom. The number of nitrogens with two attached hydrogens (primary N) is 1. The first-order chi connectivity index (χ1) is 9.83. The lowest BCUT2D eigenvalue weighted by atomic mass is 9.99. The van der Waals surface area contributed by atoms with Gasteiger partial charge in [-0.3, -0.25) is 10.8 Å². The second kappa shape index (κ2) is 5.45. The number of nitrogens with zero attached hydrogens (tertiary/aromatic N) is 1. The number of aryl methyl sites for hydroxylation is 1. The molecule has 1 aromatic carbocycles. The van der Waals surface area contributed by atoms with Crippen LogP contribution in [0.25, 0.3) is 10.9 Å². The second-order valence-electron chi connectivity index (χ2n) is 4.71. The normalized spacial score (nSPS) is 12.7. The number of rotatable bonds is 4. The molecule has 3 rings (SSSR count). The number of para-hydroxylation sites is 1. The molecular formula is C16H17N3O. The van der Waals surface area contributed by atoms with E-state index in [2.05, 4.69) is 29.5 Å². The van der Waals surface area contributed by atoms with Gasteiger partial charge in [0.1, 0.15) is 5.76 Å². The zero-order valence-corrected chi connectivity index (χ0v) is 11.3. The van der Waals surface area contributed by atoms with E-state index in [0.717, 1.165) is 34.2 Å². The minimum absolute atomic E-state index is 0.110. The van der Waals surface area contributed by atoms with Crippen molar-refractivity contribution in [2.75, 3.05) is 0 Å². The van der Waals surface area contributed by atoms with Gasteiger partial charge in [0.15, 0.2) is 0 Å². The van der Waals surface area contributed by atoms with Gasteiger partial charge in [-0.2, -0.15) is 0 Å². The summed E-state index contributed by atoms with van der Waals surface area (Å²) >= 11 is 0. The van der Waals surface area contributed by atoms with Gasteiger partial charge in [0.25, 0.3) is 0 Å². The summed E-state index contributed by atoms with van der Waals surface area (Å²) in [6.45, 7) is 2.06. The van der Waals surface area contributed by atoms with E-state index in [1.807, 2.05) is 30.5 Å². The Morgan fingerprint density at radius 1 is 1.30 bits per heavy atom.